The SMILES string of the molecule is CCCN1C[C@H](C(=O)N(CC)CC)C=C2c3cccc4[nH]c(Br)c(c34)C[C@H]21. The Morgan fingerprint density at radius 3 is 2.78 bits per heavy atom. The molecule has 1 aromatic heterocycles. The lowest BCUT2D eigenvalue weighted by Crippen LogP contribution is -2.49. The van der Waals surface area contributed by atoms with Crippen molar-refractivity contribution in [1.82, 2.24) is 14.8 Å². The van der Waals surface area contributed by atoms with E-state index in [1.165, 1.54) is 27.6 Å². The minimum atomic E-state index is -0.0538. The molecular weight excluding hydrogens is 402 g/mol. The number of halogens is 1. The fourth-order valence-corrected chi connectivity index (χ4v) is 5.40. The first-order chi connectivity index (χ1) is 13.1. The van der Waals surface area contributed by atoms with Gasteiger partial charge in [-0.25, -0.2) is 0 Å². The van der Waals surface area contributed by atoms with Gasteiger partial charge in [0.1, 0.15) is 0 Å². The summed E-state index contributed by atoms with van der Waals surface area (Å²) >= 11 is 3.73. The number of benzene rings is 1. The third-order valence-electron chi connectivity index (χ3n) is 6.10. The van der Waals surface area contributed by atoms with E-state index in [-0.39, 0.29) is 11.8 Å². The van der Waals surface area contributed by atoms with Crippen LogP contribution in [0.25, 0.3) is 16.5 Å². The average molecular weight is 430 g/mol. The van der Waals surface area contributed by atoms with Crippen LogP contribution in [0, 0.1) is 5.92 Å². The molecule has 0 radical (unpaired) electrons. The molecule has 4 nitrogen and oxygen atoms in total. The summed E-state index contributed by atoms with van der Waals surface area (Å²) in [5.41, 5.74) is 5.17. The first-order valence-electron chi connectivity index (χ1n) is 10.1. The van der Waals surface area contributed by atoms with Crippen LogP contribution in [0.3, 0.4) is 0 Å². The van der Waals surface area contributed by atoms with E-state index in [9.17, 15) is 4.79 Å². The van der Waals surface area contributed by atoms with Gasteiger partial charge in [-0.15, -0.1) is 0 Å². The smallest absolute Gasteiger partial charge is 0.230 e. The van der Waals surface area contributed by atoms with Gasteiger partial charge in [0.15, 0.2) is 0 Å². The van der Waals surface area contributed by atoms with Gasteiger partial charge in [0.05, 0.1) is 10.5 Å². The predicted molar refractivity (Wildman–Crippen MR) is 115 cm³/mol. The number of nitrogens with one attached hydrogen (secondary N) is 1. The van der Waals surface area contributed by atoms with E-state index >= 15 is 0 Å². The van der Waals surface area contributed by atoms with Crippen LogP contribution in [-0.4, -0.2) is 52.9 Å². The van der Waals surface area contributed by atoms with Crippen LogP contribution in [-0.2, 0) is 11.2 Å². The third kappa shape index (κ3) is 3.05. The van der Waals surface area contributed by atoms with Crippen molar-refractivity contribution >= 4 is 38.3 Å². The summed E-state index contributed by atoms with van der Waals surface area (Å²) in [4.78, 5) is 21.1. The quantitative estimate of drug-likeness (QED) is 0.762. The molecule has 2 aromatic rings. The van der Waals surface area contributed by atoms with Crippen molar-refractivity contribution in [3.8, 4) is 0 Å². The standard InChI is InChI=1S/C22H28BrN3O/c1-4-10-26-13-14(22(27)25(5-2)6-3)11-16-15-8-7-9-18-20(15)17(12-19(16)26)21(23)24-18/h7-9,11,14,19,24H,4-6,10,12-13H2,1-3H3/t14-,19-/m1/s1. The molecule has 0 unspecified atom stereocenters. The van der Waals surface area contributed by atoms with Crippen molar-refractivity contribution in [2.45, 2.75) is 39.7 Å². The summed E-state index contributed by atoms with van der Waals surface area (Å²) in [5, 5.41) is 1.32. The van der Waals surface area contributed by atoms with Gasteiger partial charge in [-0.2, -0.15) is 0 Å². The highest BCUT2D eigenvalue weighted by Gasteiger charge is 2.38. The van der Waals surface area contributed by atoms with E-state index < -0.39 is 0 Å². The minimum absolute atomic E-state index is 0.0538. The fraction of sp³-hybridized carbons (Fsp3) is 0.500. The van der Waals surface area contributed by atoms with Crippen LogP contribution < -0.4 is 0 Å². The Balaban J connectivity index is 1.83. The summed E-state index contributed by atoms with van der Waals surface area (Å²) in [7, 11) is 0. The van der Waals surface area contributed by atoms with Crippen molar-refractivity contribution in [2.75, 3.05) is 26.2 Å². The monoisotopic (exact) mass is 429 g/mol. The summed E-state index contributed by atoms with van der Waals surface area (Å²) in [6.45, 7) is 9.75. The molecule has 4 rings (SSSR count). The molecule has 0 spiro atoms. The van der Waals surface area contributed by atoms with Crippen molar-refractivity contribution in [3.05, 3.63) is 40.0 Å². The highest BCUT2D eigenvalue weighted by Crippen LogP contribution is 2.43. The normalized spacial score (nSPS) is 21.9. The van der Waals surface area contributed by atoms with Crippen LogP contribution in [0.15, 0.2) is 28.9 Å². The Hall–Kier alpha value is -1.59. The third-order valence-corrected chi connectivity index (χ3v) is 6.78. The molecule has 0 saturated carbocycles. The topological polar surface area (TPSA) is 39.3 Å². The lowest BCUT2D eigenvalue weighted by atomic mass is 9.79. The van der Waals surface area contributed by atoms with E-state index in [2.05, 4.69) is 70.9 Å². The minimum Gasteiger partial charge on any atom is -0.349 e. The number of carbonyl (C=O) groups excluding carboxylic acids is 1. The van der Waals surface area contributed by atoms with Crippen molar-refractivity contribution < 1.29 is 4.79 Å². The molecule has 2 atom stereocenters. The highest BCUT2D eigenvalue weighted by molar-refractivity contribution is 9.10. The van der Waals surface area contributed by atoms with E-state index in [1.54, 1.807) is 0 Å². The maximum atomic E-state index is 13.1. The number of hydrogen-bond donors (Lipinski definition) is 1. The molecule has 1 aliphatic carbocycles. The Morgan fingerprint density at radius 1 is 1.30 bits per heavy atom. The molecule has 27 heavy (non-hydrogen) atoms. The summed E-state index contributed by atoms with van der Waals surface area (Å²) in [6.07, 6.45) is 4.37. The van der Waals surface area contributed by atoms with Crippen LogP contribution in [0.2, 0.25) is 0 Å². The Morgan fingerprint density at radius 2 is 2.07 bits per heavy atom. The van der Waals surface area contributed by atoms with Crippen molar-refractivity contribution in [1.29, 1.82) is 0 Å². The second-order valence-corrected chi connectivity index (χ2v) is 8.39. The first-order valence-corrected chi connectivity index (χ1v) is 10.9. The first kappa shape index (κ1) is 18.8. The predicted octanol–water partition coefficient (Wildman–Crippen LogP) is 4.45. The van der Waals surface area contributed by atoms with Crippen LogP contribution >= 0.6 is 15.9 Å². The number of aromatic amines is 1. The second kappa shape index (κ2) is 7.44. The zero-order valence-corrected chi connectivity index (χ0v) is 18.0. The van der Waals surface area contributed by atoms with E-state index in [0.717, 1.165) is 43.6 Å². The van der Waals surface area contributed by atoms with Crippen molar-refractivity contribution in [3.63, 3.8) is 0 Å². The number of amides is 1. The zero-order chi connectivity index (χ0) is 19.1. The number of fused-ring (bicyclic) bond motifs is 2. The lowest BCUT2D eigenvalue weighted by molar-refractivity contribution is -0.134. The molecule has 1 aliphatic heterocycles. The molecule has 0 saturated heterocycles. The number of rotatable bonds is 5. The maximum absolute atomic E-state index is 13.1. The molecule has 1 aromatic carbocycles. The van der Waals surface area contributed by atoms with Gasteiger partial charge in [0.25, 0.3) is 0 Å². The van der Waals surface area contributed by atoms with Gasteiger partial charge < -0.3 is 9.88 Å². The summed E-state index contributed by atoms with van der Waals surface area (Å²) in [5.74, 6) is 0.210. The molecule has 1 N–H and O–H groups in total. The lowest BCUT2D eigenvalue weighted by Gasteiger charge is -2.42. The maximum Gasteiger partial charge on any atom is 0.230 e. The second-order valence-electron chi connectivity index (χ2n) is 7.60. The molecular formula is C22H28BrN3O. The van der Waals surface area contributed by atoms with Crippen LogP contribution in [0.5, 0.6) is 0 Å². The largest absolute Gasteiger partial charge is 0.349 e. The number of hydrogen-bond acceptors (Lipinski definition) is 2. The number of aromatic nitrogens is 1. The van der Waals surface area contributed by atoms with Gasteiger partial charge in [0, 0.05) is 36.6 Å². The highest BCUT2D eigenvalue weighted by atomic mass is 79.9. The molecule has 5 heteroatoms. The molecule has 0 fully saturated rings. The summed E-state index contributed by atoms with van der Waals surface area (Å²) < 4.78 is 1.10. The van der Waals surface area contributed by atoms with Gasteiger partial charge in [-0.3, -0.25) is 9.69 Å². The molecule has 0 bridgehead atoms. The Bertz CT molecular complexity index is 896. The van der Waals surface area contributed by atoms with Crippen molar-refractivity contribution in [2.24, 2.45) is 5.92 Å². The zero-order valence-electron chi connectivity index (χ0n) is 16.4. The number of carbonyl (C=O) groups is 1. The molecule has 1 amide bonds. The van der Waals surface area contributed by atoms with E-state index in [0.29, 0.717) is 6.04 Å². The molecule has 2 heterocycles. The number of nitrogens with zero attached hydrogens (tertiary/aromatic N) is 2. The van der Waals surface area contributed by atoms with E-state index in [4.69, 9.17) is 0 Å². The Labute approximate surface area is 169 Å². The fourth-order valence-electron chi connectivity index (χ4n) is 4.83. The van der Waals surface area contributed by atoms with Crippen LogP contribution in [0.1, 0.15) is 38.3 Å². The van der Waals surface area contributed by atoms with E-state index in [1.807, 2.05) is 4.90 Å². The Kier molecular flexibility index (Phi) is 5.17. The van der Waals surface area contributed by atoms with Crippen LogP contribution in [0.4, 0.5) is 0 Å². The number of H-pyrrole nitrogens is 1. The van der Waals surface area contributed by atoms with Gasteiger partial charge >= 0.3 is 0 Å². The van der Waals surface area contributed by atoms with Gasteiger partial charge in [-0.1, -0.05) is 25.1 Å². The van der Waals surface area contributed by atoms with Gasteiger partial charge in [-0.05, 0) is 71.9 Å². The summed E-state index contributed by atoms with van der Waals surface area (Å²) in [6, 6.07) is 6.83. The molecule has 144 valence electrons. The average Bonchev–Trinajstić information content (AvgIpc) is 3.00. The van der Waals surface area contributed by atoms with Gasteiger partial charge in [0.2, 0.25) is 5.91 Å². The molecule has 2 aliphatic rings.